The molecule has 116 valence electrons. The summed E-state index contributed by atoms with van der Waals surface area (Å²) in [5.41, 5.74) is 0.503. The van der Waals surface area contributed by atoms with Gasteiger partial charge in [-0.3, -0.25) is 4.90 Å². The molecule has 3 aliphatic rings. The molecule has 2 aliphatic heterocycles. The van der Waals surface area contributed by atoms with Gasteiger partial charge in [-0.25, -0.2) is 0 Å². The monoisotopic (exact) mass is 280 g/mol. The SMILES string of the molecule is CCC1CNC2(CCCC2)CN1C1CCOC(C)(C)C1. The highest BCUT2D eigenvalue weighted by atomic mass is 16.5. The maximum absolute atomic E-state index is 5.93. The summed E-state index contributed by atoms with van der Waals surface area (Å²) >= 11 is 0. The fourth-order valence-electron chi connectivity index (χ4n) is 4.66. The Hall–Kier alpha value is -0.120. The fraction of sp³-hybridized carbons (Fsp3) is 1.00. The van der Waals surface area contributed by atoms with Gasteiger partial charge in [0.15, 0.2) is 0 Å². The van der Waals surface area contributed by atoms with E-state index < -0.39 is 0 Å². The molecule has 0 bridgehead atoms. The van der Waals surface area contributed by atoms with Crippen molar-refractivity contribution in [3.8, 4) is 0 Å². The topological polar surface area (TPSA) is 24.5 Å². The third-order valence-corrected chi connectivity index (χ3v) is 5.84. The van der Waals surface area contributed by atoms with E-state index in [1.807, 2.05) is 0 Å². The summed E-state index contributed by atoms with van der Waals surface area (Å²) < 4.78 is 5.93. The minimum Gasteiger partial charge on any atom is -0.375 e. The number of hydrogen-bond acceptors (Lipinski definition) is 3. The largest absolute Gasteiger partial charge is 0.375 e. The Labute approximate surface area is 124 Å². The van der Waals surface area contributed by atoms with E-state index in [4.69, 9.17) is 4.74 Å². The van der Waals surface area contributed by atoms with E-state index in [0.717, 1.165) is 18.7 Å². The van der Waals surface area contributed by atoms with Crippen LogP contribution in [0.1, 0.15) is 65.7 Å². The molecule has 1 N–H and O–H groups in total. The molecule has 0 amide bonds. The van der Waals surface area contributed by atoms with Crippen LogP contribution in [0.4, 0.5) is 0 Å². The molecule has 1 spiro atoms. The van der Waals surface area contributed by atoms with Crippen LogP contribution in [0.15, 0.2) is 0 Å². The Morgan fingerprint density at radius 2 is 2.00 bits per heavy atom. The van der Waals surface area contributed by atoms with Crippen LogP contribution < -0.4 is 5.32 Å². The van der Waals surface area contributed by atoms with Crippen LogP contribution >= 0.6 is 0 Å². The average Bonchev–Trinajstić information content (AvgIpc) is 2.86. The second kappa shape index (κ2) is 5.58. The van der Waals surface area contributed by atoms with Crippen LogP contribution in [-0.2, 0) is 4.74 Å². The van der Waals surface area contributed by atoms with Gasteiger partial charge in [-0.1, -0.05) is 19.8 Å². The fourth-order valence-corrected chi connectivity index (χ4v) is 4.66. The summed E-state index contributed by atoms with van der Waals surface area (Å²) in [6, 6.07) is 1.45. The maximum Gasteiger partial charge on any atom is 0.0641 e. The minimum absolute atomic E-state index is 0.0644. The molecule has 2 heterocycles. The van der Waals surface area contributed by atoms with E-state index in [9.17, 15) is 0 Å². The minimum atomic E-state index is 0.0644. The van der Waals surface area contributed by atoms with E-state index in [0.29, 0.717) is 5.54 Å². The highest BCUT2D eigenvalue weighted by Crippen LogP contribution is 2.37. The molecule has 3 heteroatoms. The van der Waals surface area contributed by atoms with Gasteiger partial charge in [0.2, 0.25) is 0 Å². The number of nitrogens with zero attached hydrogens (tertiary/aromatic N) is 1. The Morgan fingerprint density at radius 3 is 2.65 bits per heavy atom. The van der Waals surface area contributed by atoms with Crippen LogP contribution in [-0.4, -0.2) is 47.8 Å². The first-order valence-corrected chi connectivity index (χ1v) is 8.68. The maximum atomic E-state index is 5.93. The molecule has 3 nitrogen and oxygen atoms in total. The quantitative estimate of drug-likeness (QED) is 0.841. The lowest BCUT2D eigenvalue weighted by molar-refractivity contribution is -0.0987. The first-order chi connectivity index (χ1) is 9.54. The standard InChI is InChI=1S/C17H32N2O/c1-4-14-12-18-17(8-5-6-9-17)13-19(14)15-7-10-20-16(2,3)11-15/h14-15,18H,4-13H2,1-3H3. The molecule has 1 aliphatic carbocycles. The normalized spacial score (nSPS) is 37.4. The molecule has 1 saturated carbocycles. The molecule has 0 aromatic carbocycles. The lowest BCUT2D eigenvalue weighted by Crippen LogP contribution is -2.66. The Morgan fingerprint density at radius 1 is 1.25 bits per heavy atom. The van der Waals surface area contributed by atoms with Crippen molar-refractivity contribution in [2.75, 3.05) is 19.7 Å². The Balaban J connectivity index is 1.73. The van der Waals surface area contributed by atoms with Gasteiger partial charge in [0.05, 0.1) is 5.60 Å². The summed E-state index contributed by atoms with van der Waals surface area (Å²) in [6.45, 7) is 10.3. The number of piperazine rings is 1. The molecule has 2 atom stereocenters. The highest BCUT2D eigenvalue weighted by Gasteiger charge is 2.44. The molecule has 0 aromatic rings. The number of ether oxygens (including phenoxy) is 1. The van der Waals surface area contributed by atoms with Crippen molar-refractivity contribution in [2.45, 2.75) is 88.9 Å². The van der Waals surface area contributed by atoms with E-state index >= 15 is 0 Å². The van der Waals surface area contributed by atoms with E-state index in [-0.39, 0.29) is 5.60 Å². The molecule has 0 aromatic heterocycles. The van der Waals surface area contributed by atoms with Crippen molar-refractivity contribution in [2.24, 2.45) is 0 Å². The van der Waals surface area contributed by atoms with Crippen molar-refractivity contribution < 1.29 is 4.74 Å². The zero-order valence-electron chi connectivity index (χ0n) is 13.6. The average molecular weight is 280 g/mol. The lowest BCUT2D eigenvalue weighted by Gasteiger charge is -2.52. The molecule has 2 unspecified atom stereocenters. The molecular formula is C17H32N2O. The smallest absolute Gasteiger partial charge is 0.0641 e. The van der Waals surface area contributed by atoms with Gasteiger partial charge in [-0.15, -0.1) is 0 Å². The van der Waals surface area contributed by atoms with E-state index in [2.05, 4.69) is 31.0 Å². The molecule has 3 fully saturated rings. The zero-order chi connectivity index (χ0) is 14.2. The molecule has 20 heavy (non-hydrogen) atoms. The first kappa shape index (κ1) is 14.8. The molecule has 3 rings (SSSR count). The van der Waals surface area contributed by atoms with Crippen molar-refractivity contribution in [1.29, 1.82) is 0 Å². The van der Waals surface area contributed by atoms with Crippen molar-refractivity contribution in [3.63, 3.8) is 0 Å². The summed E-state index contributed by atoms with van der Waals surface area (Å²) in [5, 5.41) is 3.91. The number of hydrogen-bond donors (Lipinski definition) is 1. The zero-order valence-corrected chi connectivity index (χ0v) is 13.6. The molecular weight excluding hydrogens is 248 g/mol. The summed E-state index contributed by atoms with van der Waals surface area (Å²) in [7, 11) is 0. The number of nitrogens with one attached hydrogen (secondary N) is 1. The van der Waals surface area contributed by atoms with Crippen LogP contribution in [0.25, 0.3) is 0 Å². The van der Waals surface area contributed by atoms with Crippen LogP contribution in [0.2, 0.25) is 0 Å². The predicted molar refractivity (Wildman–Crippen MR) is 83.0 cm³/mol. The second-order valence-electron chi connectivity index (χ2n) is 7.86. The third kappa shape index (κ3) is 2.90. The van der Waals surface area contributed by atoms with Gasteiger partial charge < -0.3 is 10.1 Å². The van der Waals surface area contributed by atoms with E-state index in [1.54, 1.807) is 0 Å². The first-order valence-electron chi connectivity index (χ1n) is 8.68. The van der Waals surface area contributed by atoms with Gasteiger partial charge in [-0.05, 0) is 46.0 Å². The number of rotatable bonds is 2. The second-order valence-corrected chi connectivity index (χ2v) is 7.86. The molecule has 2 saturated heterocycles. The summed E-state index contributed by atoms with van der Waals surface area (Å²) in [5.74, 6) is 0. The summed E-state index contributed by atoms with van der Waals surface area (Å²) in [6.07, 6.45) is 9.27. The van der Waals surface area contributed by atoms with Crippen molar-refractivity contribution >= 4 is 0 Å². The van der Waals surface area contributed by atoms with Gasteiger partial charge in [0.25, 0.3) is 0 Å². The van der Waals surface area contributed by atoms with Crippen LogP contribution in [0.3, 0.4) is 0 Å². The Bertz CT molecular complexity index is 336. The predicted octanol–water partition coefficient (Wildman–Crippen LogP) is 2.94. The van der Waals surface area contributed by atoms with Crippen LogP contribution in [0, 0.1) is 0 Å². The van der Waals surface area contributed by atoms with E-state index in [1.165, 1.54) is 58.0 Å². The van der Waals surface area contributed by atoms with Gasteiger partial charge >= 0.3 is 0 Å². The van der Waals surface area contributed by atoms with Gasteiger partial charge in [0.1, 0.15) is 0 Å². The van der Waals surface area contributed by atoms with Crippen LogP contribution in [0.5, 0.6) is 0 Å². The summed E-state index contributed by atoms with van der Waals surface area (Å²) in [4.78, 5) is 2.85. The van der Waals surface area contributed by atoms with Crippen molar-refractivity contribution in [1.82, 2.24) is 10.2 Å². The lowest BCUT2D eigenvalue weighted by atomic mass is 9.86. The highest BCUT2D eigenvalue weighted by molar-refractivity contribution is 5.03. The third-order valence-electron chi connectivity index (χ3n) is 5.84. The van der Waals surface area contributed by atoms with Gasteiger partial charge in [-0.2, -0.15) is 0 Å². The Kier molecular flexibility index (Phi) is 4.13. The molecule has 0 radical (unpaired) electrons. The van der Waals surface area contributed by atoms with Crippen molar-refractivity contribution in [3.05, 3.63) is 0 Å². The van der Waals surface area contributed by atoms with Gasteiger partial charge in [0, 0.05) is 37.3 Å².